The highest BCUT2D eigenvalue weighted by molar-refractivity contribution is 7.90. The van der Waals surface area contributed by atoms with Crippen LogP contribution in [0.4, 0.5) is 0 Å². The molecule has 2 N–H and O–H groups in total. The van der Waals surface area contributed by atoms with Crippen LogP contribution in [0.1, 0.15) is 18.2 Å². The Balaban J connectivity index is 2.42. The zero-order chi connectivity index (χ0) is 16.3. The molecule has 0 spiro atoms. The molecule has 1 aromatic heterocycles. The Kier molecular flexibility index (Phi) is 4.46. The second kappa shape index (κ2) is 6.15. The van der Waals surface area contributed by atoms with E-state index in [9.17, 15) is 13.2 Å². The second-order valence-electron chi connectivity index (χ2n) is 4.82. The molecule has 7 heteroatoms. The molecule has 2 aromatic rings. The number of amides is 1. The van der Waals surface area contributed by atoms with Gasteiger partial charge >= 0.3 is 0 Å². The molecule has 1 heterocycles. The van der Waals surface area contributed by atoms with Crippen LogP contribution < -0.4 is 5.73 Å². The van der Waals surface area contributed by atoms with Gasteiger partial charge in [0.2, 0.25) is 5.91 Å². The van der Waals surface area contributed by atoms with Gasteiger partial charge in [0.25, 0.3) is 0 Å². The molecule has 0 saturated heterocycles. The van der Waals surface area contributed by atoms with Crippen molar-refractivity contribution in [2.24, 2.45) is 5.73 Å². The van der Waals surface area contributed by atoms with Crippen molar-refractivity contribution in [1.82, 2.24) is 9.78 Å². The number of nitrogens with two attached hydrogens (primary N) is 1. The van der Waals surface area contributed by atoms with Gasteiger partial charge in [-0.2, -0.15) is 5.10 Å². The minimum Gasteiger partial charge on any atom is -0.366 e. The molecule has 1 amide bonds. The average Bonchev–Trinajstić information content (AvgIpc) is 2.91. The van der Waals surface area contributed by atoms with Gasteiger partial charge in [-0.3, -0.25) is 9.48 Å². The Morgan fingerprint density at radius 2 is 1.91 bits per heavy atom. The molecule has 0 aliphatic rings. The minimum absolute atomic E-state index is 0.190. The first-order valence-electron chi connectivity index (χ1n) is 6.66. The smallest absolute Gasteiger partial charge is 0.249 e. The highest BCUT2D eigenvalue weighted by Crippen LogP contribution is 2.19. The number of carbonyl (C=O) groups is 1. The second-order valence-corrected chi connectivity index (χ2v) is 6.83. The van der Waals surface area contributed by atoms with Crippen molar-refractivity contribution >= 4 is 27.4 Å². The fourth-order valence-electron chi connectivity index (χ4n) is 1.96. The van der Waals surface area contributed by atoms with Gasteiger partial charge in [-0.1, -0.05) is 12.1 Å². The van der Waals surface area contributed by atoms with Crippen LogP contribution in [0, 0.1) is 0 Å². The van der Waals surface area contributed by atoms with Crippen LogP contribution >= 0.6 is 0 Å². The van der Waals surface area contributed by atoms with Gasteiger partial charge in [0.05, 0.1) is 10.6 Å². The number of aryl methyl sites for hydroxylation is 1. The molecule has 0 atom stereocenters. The van der Waals surface area contributed by atoms with Crippen molar-refractivity contribution in [3.63, 3.8) is 0 Å². The monoisotopic (exact) mass is 319 g/mol. The number of sulfone groups is 1. The number of nitrogens with zero attached hydrogens (tertiary/aromatic N) is 2. The summed E-state index contributed by atoms with van der Waals surface area (Å²) >= 11 is 0. The molecule has 0 saturated carbocycles. The number of hydrogen-bond acceptors (Lipinski definition) is 4. The van der Waals surface area contributed by atoms with Crippen molar-refractivity contribution in [1.29, 1.82) is 0 Å². The van der Waals surface area contributed by atoms with E-state index in [0.29, 0.717) is 11.3 Å². The van der Waals surface area contributed by atoms with E-state index >= 15 is 0 Å². The van der Waals surface area contributed by atoms with Gasteiger partial charge in [-0.05, 0) is 36.8 Å². The van der Waals surface area contributed by atoms with E-state index in [0.717, 1.165) is 12.8 Å². The van der Waals surface area contributed by atoms with Gasteiger partial charge < -0.3 is 5.73 Å². The third-order valence-electron chi connectivity index (χ3n) is 3.14. The molecule has 6 nitrogen and oxygen atoms in total. The maximum Gasteiger partial charge on any atom is 0.249 e. The van der Waals surface area contributed by atoms with Crippen LogP contribution in [-0.4, -0.2) is 30.4 Å². The molecule has 0 fully saturated rings. The zero-order valence-corrected chi connectivity index (χ0v) is 13.2. The first kappa shape index (κ1) is 16.0. The zero-order valence-electron chi connectivity index (χ0n) is 12.4. The number of carbonyl (C=O) groups excluding carboxylic acids is 1. The van der Waals surface area contributed by atoms with Crippen LogP contribution in [0.3, 0.4) is 0 Å². The molecule has 0 aliphatic carbocycles. The quantitative estimate of drug-likeness (QED) is 0.841. The lowest BCUT2D eigenvalue weighted by molar-refractivity contribution is -0.112. The van der Waals surface area contributed by atoms with E-state index in [1.54, 1.807) is 35.2 Å². The fourth-order valence-corrected chi connectivity index (χ4v) is 2.59. The van der Waals surface area contributed by atoms with E-state index in [1.165, 1.54) is 12.1 Å². The summed E-state index contributed by atoms with van der Waals surface area (Å²) in [7, 11) is -3.28. The highest BCUT2D eigenvalue weighted by Gasteiger charge is 2.12. The molecule has 0 aliphatic heterocycles. The van der Waals surface area contributed by atoms with E-state index in [2.05, 4.69) is 5.10 Å². The van der Waals surface area contributed by atoms with Crippen LogP contribution in [0.15, 0.2) is 41.4 Å². The van der Waals surface area contributed by atoms with Gasteiger partial charge in [-0.25, -0.2) is 8.42 Å². The van der Waals surface area contributed by atoms with Gasteiger partial charge in [0.1, 0.15) is 0 Å². The summed E-state index contributed by atoms with van der Waals surface area (Å²) in [5, 5.41) is 4.27. The van der Waals surface area contributed by atoms with Crippen LogP contribution in [0.2, 0.25) is 0 Å². The van der Waals surface area contributed by atoms with Crippen molar-refractivity contribution in [2.75, 3.05) is 6.26 Å². The number of benzene rings is 1. The lowest BCUT2D eigenvalue weighted by Gasteiger charge is -2.05. The fraction of sp³-hybridized carbons (Fsp3) is 0.200. The SMILES string of the molecule is CCn1ccc(C=C(C(N)=O)c2ccc(S(C)(=O)=O)cc2)n1. The largest absolute Gasteiger partial charge is 0.366 e. The summed E-state index contributed by atoms with van der Waals surface area (Å²) in [5.41, 5.74) is 6.86. The standard InChI is InChI=1S/C15H17N3O3S/c1-3-18-9-8-12(17-18)10-14(15(16)19)11-4-6-13(7-5-11)22(2,20)21/h4-10H,3H2,1-2H3,(H2,16,19). The topological polar surface area (TPSA) is 95.0 Å². The summed E-state index contributed by atoms with van der Waals surface area (Å²) in [4.78, 5) is 11.9. The minimum atomic E-state index is -3.28. The Hall–Kier alpha value is -2.41. The van der Waals surface area contributed by atoms with Gasteiger partial charge in [0.15, 0.2) is 9.84 Å². The lowest BCUT2D eigenvalue weighted by atomic mass is 10.0. The molecule has 1 aromatic carbocycles. The summed E-state index contributed by atoms with van der Waals surface area (Å²) in [6.07, 6.45) is 4.52. The Morgan fingerprint density at radius 1 is 1.27 bits per heavy atom. The molecule has 2 rings (SSSR count). The predicted molar refractivity (Wildman–Crippen MR) is 84.5 cm³/mol. The first-order valence-corrected chi connectivity index (χ1v) is 8.56. The summed E-state index contributed by atoms with van der Waals surface area (Å²) in [6.45, 7) is 2.68. The highest BCUT2D eigenvalue weighted by atomic mass is 32.2. The summed E-state index contributed by atoms with van der Waals surface area (Å²) < 4.78 is 24.6. The van der Waals surface area contributed by atoms with E-state index in [-0.39, 0.29) is 10.5 Å². The Morgan fingerprint density at radius 3 is 2.36 bits per heavy atom. The Bertz CT molecular complexity index is 818. The third-order valence-corrected chi connectivity index (χ3v) is 4.26. The first-order chi connectivity index (χ1) is 10.3. The maximum absolute atomic E-state index is 11.7. The molecule has 0 bridgehead atoms. The average molecular weight is 319 g/mol. The van der Waals surface area contributed by atoms with Crippen LogP contribution in [0.25, 0.3) is 11.6 Å². The van der Waals surface area contributed by atoms with Gasteiger partial charge in [-0.15, -0.1) is 0 Å². The number of primary amides is 1. The van der Waals surface area contributed by atoms with Crippen molar-refractivity contribution < 1.29 is 13.2 Å². The normalized spacial score (nSPS) is 12.4. The molecular formula is C15H17N3O3S. The van der Waals surface area contributed by atoms with Gasteiger partial charge in [0, 0.05) is 24.6 Å². The van der Waals surface area contributed by atoms with Crippen molar-refractivity contribution in [3.05, 3.63) is 47.8 Å². The molecule has 22 heavy (non-hydrogen) atoms. The van der Waals surface area contributed by atoms with Crippen molar-refractivity contribution in [3.8, 4) is 0 Å². The van der Waals surface area contributed by atoms with E-state index < -0.39 is 15.7 Å². The molecule has 116 valence electrons. The molecular weight excluding hydrogens is 302 g/mol. The Labute approximate surface area is 129 Å². The lowest BCUT2D eigenvalue weighted by Crippen LogP contribution is -2.13. The van der Waals surface area contributed by atoms with Crippen LogP contribution in [0.5, 0.6) is 0 Å². The maximum atomic E-state index is 11.7. The molecule has 0 radical (unpaired) electrons. The molecule has 0 unspecified atom stereocenters. The summed E-state index contributed by atoms with van der Waals surface area (Å²) in [6, 6.07) is 7.79. The number of aromatic nitrogens is 2. The number of hydrogen-bond donors (Lipinski definition) is 1. The number of rotatable bonds is 5. The van der Waals surface area contributed by atoms with Crippen molar-refractivity contribution in [2.45, 2.75) is 18.4 Å². The predicted octanol–water partition coefficient (Wildman–Crippen LogP) is 1.33. The summed E-state index contributed by atoms with van der Waals surface area (Å²) in [5.74, 6) is -0.599. The van der Waals surface area contributed by atoms with Crippen LogP contribution in [-0.2, 0) is 21.2 Å². The van der Waals surface area contributed by atoms with E-state index in [4.69, 9.17) is 5.73 Å². The van der Waals surface area contributed by atoms with E-state index in [1.807, 2.05) is 6.92 Å². The third kappa shape index (κ3) is 3.62.